The van der Waals surface area contributed by atoms with Crippen LogP contribution in [0, 0.1) is 0 Å². The average Bonchev–Trinajstić information content (AvgIpc) is 2.40. The third-order valence-electron chi connectivity index (χ3n) is 2.99. The number of carbonyl (C=O) groups is 1. The van der Waals surface area contributed by atoms with Crippen LogP contribution in [0.3, 0.4) is 0 Å². The first-order valence-electron chi connectivity index (χ1n) is 6.12. The van der Waals surface area contributed by atoms with Gasteiger partial charge in [0.15, 0.2) is 0 Å². The Morgan fingerprint density at radius 3 is 2.44 bits per heavy atom. The number of halogens is 1. The minimum atomic E-state index is -0.376. The van der Waals surface area contributed by atoms with E-state index >= 15 is 0 Å². The van der Waals surface area contributed by atoms with Crippen LogP contribution >= 0.6 is 11.6 Å². The molecule has 0 aromatic heterocycles. The van der Waals surface area contributed by atoms with Gasteiger partial charge in [-0.05, 0) is 23.6 Å². The van der Waals surface area contributed by atoms with E-state index in [1.807, 2.05) is 23.3 Å². The Kier molecular flexibility index (Phi) is 4.99. The summed E-state index contributed by atoms with van der Waals surface area (Å²) in [4.78, 5) is 18.2. The van der Waals surface area contributed by atoms with E-state index in [1.165, 1.54) is 5.56 Å². The second-order valence-corrected chi connectivity index (χ2v) is 4.56. The van der Waals surface area contributed by atoms with Crippen molar-refractivity contribution >= 4 is 17.0 Å². The molecule has 0 bridgehead atoms. The number of rotatable bonds is 4. The molecule has 1 heterocycles. The lowest BCUT2D eigenvalue weighted by Gasteiger charge is -2.32. The maximum atomic E-state index is 10.9. The maximum Gasteiger partial charge on any atom is 0.316 e. The summed E-state index contributed by atoms with van der Waals surface area (Å²) in [6.45, 7) is 3.36. The highest BCUT2D eigenvalue weighted by Crippen LogP contribution is 2.06. The Labute approximate surface area is 112 Å². The minimum Gasteiger partial charge on any atom is -0.326 e. The summed E-state index contributed by atoms with van der Waals surface area (Å²) in [5, 5.41) is 1.53. The van der Waals surface area contributed by atoms with Gasteiger partial charge < -0.3 is 4.90 Å². The van der Waals surface area contributed by atoms with Crippen molar-refractivity contribution in [3.63, 3.8) is 0 Å². The van der Waals surface area contributed by atoms with Crippen LogP contribution in [0.25, 0.3) is 0 Å². The monoisotopic (exact) mass is 268 g/mol. The molecule has 4 nitrogen and oxygen atoms in total. The molecule has 0 unspecified atom stereocenters. The number of hydrogen-bond donors (Lipinski definition) is 0. The molecule has 0 spiro atoms. The SMILES string of the molecule is O=C(Cl)N1CCN(OCCc2ccccc2)CC1. The van der Waals surface area contributed by atoms with Crippen LogP contribution in [0.1, 0.15) is 5.56 Å². The van der Waals surface area contributed by atoms with Crippen LogP contribution in [0.15, 0.2) is 30.3 Å². The van der Waals surface area contributed by atoms with Crippen molar-refractivity contribution in [2.24, 2.45) is 0 Å². The van der Waals surface area contributed by atoms with Crippen molar-refractivity contribution in [1.29, 1.82) is 0 Å². The lowest BCUT2D eigenvalue weighted by atomic mass is 10.2. The van der Waals surface area contributed by atoms with E-state index in [2.05, 4.69) is 12.1 Å². The van der Waals surface area contributed by atoms with Gasteiger partial charge in [-0.25, -0.2) is 0 Å². The fourth-order valence-corrected chi connectivity index (χ4v) is 2.10. The molecule has 1 aromatic rings. The van der Waals surface area contributed by atoms with Crippen molar-refractivity contribution in [3.8, 4) is 0 Å². The summed E-state index contributed by atoms with van der Waals surface area (Å²) in [6.07, 6.45) is 0.898. The zero-order chi connectivity index (χ0) is 12.8. The van der Waals surface area contributed by atoms with Gasteiger partial charge in [0.25, 0.3) is 0 Å². The second kappa shape index (κ2) is 6.73. The molecule has 1 aromatic carbocycles. The number of carbonyl (C=O) groups excluding carboxylic acids is 1. The lowest BCUT2D eigenvalue weighted by Crippen LogP contribution is -2.47. The number of nitrogens with zero attached hydrogens (tertiary/aromatic N) is 2. The number of hydrogen-bond acceptors (Lipinski definition) is 3. The van der Waals surface area contributed by atoms with Crippen molar-refractivity contribution < 1.29 is 9.63 Å². The Morgan fingerprint density at radius 1 is 1.17 bits per heavy atom. The minimum absolute atomic E-state index is 0.376. The number of piperazine rings is 1. The molecule has 1 aliphatic rings. The Hall–Kier alpha value is -1.10. The summed E-state index contributed by atoms with van der Waals surface area (Å²) in [5.41, 5.74) is 1.27. The zero-order valence-corrected chi connectivity index (χ0v) is 11.0. The van der Waals surface area contributed by atoms with E-state index in [4.69, 9.17) is 16.4 Å². The number of hydroxylamine groups is 2. The van der Waals surface area contributed by atoms with Crippen molar-refractivity contribution in [1.82, 2.24) is 9.96 Å². The van der Waals surface area contributed by atoms with Gasteiger partial charge in [0.1, 0.15) is 0 Å². The van der Waals surface area contributed by atoms with Crippen LogP contribution in [-0.4, -0.2) is 48.1 Å². The van der Waals surface area contributed by atoms with Crippen LogP contribution in [0.4, 0.5) is 4.79 Å². The van der Waals surface area contributed by atoms with Gasteiger partial charge in [-0.15, -0.1) is 0 Å². The molecule has 1 amide bonds. The molecule has 5 heteroatoms. The van der Waals surface area contributed by atoms with E-state index in [0.717, 1.165) is 6.42 Å². The fourth-order valence-electron chi connectivity index (χ4n) is 1.93. The highest BCUT2D eigenvalue weighted by molar-refractivity contribution is 6.62. The third kappa shape index (κ3) is 3.98. The Morgan fingerprint density at radius 2 is 1.83 bits per heavy atom. The molecular formula is C13H17ClN2O2. The van der Waals surface area contributed by atoms with Crippen LogP contribution in [0.2, 0.25) is 0 Å². The van der Waals surface area contributed by atoms with Gasteiger partial charge >= 0.3 is 5.37 Å². The van der Waals surface area contributed by atoms with Crippen molar-refractivity contribution in [3.05, 3.63) is 35.9 Å². The molecule has 1 aliphatic heterocycles. The molecule has 98 valence electrons. The summed E-state index contributed by atoms with van der Waals surface area (Å²) in [5.74, 6) is 0. The quantitative estimate of drug-likeness (QED) is 0.620. The first-order valence-corrected chi connectivity index (χ1v) is 6.50. The van der Waals surface area contributed by atoms with Crippen molar-refractivity contribution in [2.45, 2.75) is 6.42 Å². The highest BCUT2D eigenvalue weighted by Gasteiger charge is 2.19. The number of amides is 1. The maximum absolute atomic E-state index is 10.9. The van der Waals surface area contributed by atoms with Gasteiger partial charge in [0.2, 0.25) is 0 Å². The molecule has 0 atom stereocenters. The molecule has 0 N–H and O–H groups in total. The van der Waals surface area contributed by atoms with E-state index in [1.54, 1.807) is 4.90 Å². The van der Waals surface area contributed by atoms with Crippen molar-refractivity contribution in [2.75, 3.05) is 32.8 Å². The Balaban J connectivity index is 1.65. The second-order valence-electron chi connectivity index (χ2n) is 4.24. The third-order valence-corrected chi connectivity index (χ3v) is 3.23. The van der Waals surface area contributed by atoms with E-state index in [-0.39, 0.29) is 5.37 Å². The average molecular weight is 269 g/mol. The lowest BCUT2D eigenvalue weighted by molar-refractivity contribution is -0.171. The van der Waals surface area contributed by atoms with E-state index in [9.17, 15) is 4.79 Å². The van der Waals surface area contributed by atoms with Gasteiger partial charge in [-0.1, -0.05) is 30.3 Å². The molecule has 1 fully saturated rings. The van der Waals surface area contributed by atoms with Gasteiger partial charge in [-0.3, -0.25) is 9.63 Å². The molecule has 0 radical (unpaired) electrons. The normalized spacial score (nSPS) is 16.8. The van der Waals surface area contributed by atoms with Crippen LogP contribution in [-0.2, 0) is 11.3 Å². The predicted molar refractivity (Wildman–Crippen MR) is 70.5 cm³/mol. The first-order chi connectivity index (χ1) is 8.75. The van der Waals surface area contributed by atoms with Gasteiger partial charge in [0, 0.05) is 26.2 Å². The smallest absolute Gasteiger partial charge is 0.316 e. The largest absolute Gasteiger partial charge is 0.326 e. The first kappa shape index (κ1) is 13.3. The summed E-state index contributed by atoms with van der Waals surface area (Å²) >= 11 is 5.42. The molecule has 0 aliphatic carbocycles. The van der Waals surface area contributed by atoms with E-state index < -0.39 is 0 Å². The topological polar surface area (TPSA) is 32.8 Å². The Bertz CT molecular complexity index is 378. The molecule has 0 saturated carbocycles. The summed E-state index contributed by atoms with van der Waals surface area (Å²) in [7, 11) is 0. The molecule has 2 rings (SSSR count). The highest BCUT2D eigenvalue weighted by atomic mass is 35.5. The summed E-state index contributed by atoms with van der Waals surface area (Å²) in [6, 6.07) is 10.2. The van der Waals surface area contributed by atoms with E-state index in [0.29, 0.717) is 32.8 Å². The summed E-state index contributed by atoms with van der Waals surface area (Å²) < 4.78 is 0. The standard InChI is InChI=1S/C13H17ClN2O2/c14-13(17)15-7-9-16(10-8-15)18-11-6-12-4-2-1-3-5-12/h1-5H,6-11H2. The zero-order valence-electron chi connectivity index (χ0n) is 10.2. The van der Waals surface area contributed by atoms with Crippen LogP contribution in [0.5, 0.6) is 0 Å². The van der Waals surface area contributed by atoms with Crippen LogP contribution < -0.4 is 0 Å². The molecular weight excluding hydrogens is 252 g/mol. The van der Waals surface area contributed by atoms with Gasteiger partial charge in [-0.2, -0.15) is 5.06 Å². The van der Waals surface area contributed by atoms with Gasteiger partial charge in [0.05, 0.1) is 6.61 Å². The molecule has 18 heavy (non-hydrogen) atoms. The molecule has 1 saturated heterocycles. The predicted octanol–water partition coefficient (Wildman–Crippen LogP) is 2.14. The number of benzene rings is 1. The fraction of sp³-hybridized carbons (Fsp3) is 0.462.